The van der Waals surface area contributed by atoms with Gasteiger partial charge < -0.3 is 9.47 Å². The molecule has 12 heavy (non-hydrogen) atoms. The Balaban J connectivity index is 3.04. The Bertz CT molecular complexity index is 73.9. The summed E-state index contributed by atoms with van der Waals surface area (Å²) in [6.07, 6.45) is 4.59. The number of hydrogen-bond donors (Lipinski definition) is 0. The molecule has 0 unspecified atom stereocenters. The van der Waals surface area contributed by atoms with Gasteiger partial charge in [0.2, 0.25) is 0 Å². The lowest BCUT2D eigenvalue weighted by molar-refractivity contribution is -0.131. The van der Waals surface area contributed by atoms with E-state index in [1.54, 1.807) is 0 Å². The summed E-state index contributed by atoms with van der Waals surface area (Å²) < 4.78 is 10.8. The first-order valence-electron chi connectivity index (χ1n) is 5.04. The van der Waals surface area contributed by atoms with Crippen molar-refractivity contribution in [1.82, 2.24) is 0 Å². The minimum Gasteiger partial charge on any atom is -0.353 e. The smallest absolute Gasteiger partial charge is 0.154 e. The van der Waals surface area contributed by atoms with Crippen LogP contribution in [-0.2, 0) is 9.47 Å². The van der Waals surface area contributed by atoms with Gasteiger partial charge in [0.05, 0.1) is 0 Å². The SMILES string of the molecule is CCCCOC(C)OCCCC. The third-order valence-electron chi connectivity index (χ3n) is 1.70. The third-order valence-corrected chi connectivity index (χ3v) is 1.70. The monoisotopic (exact) mass is 174 g/mol. The van der Waals surface area contributed by atoms with Gasteiger partial charge in [0.25, 0.3) is 0 Å². The van der Waals surface area contributed by atoms with E-state index in [9.17, 15) is 0 Å². The van der Waals surface area contributed by atoms with Crippen LogP contribution in [0, 0.1) is 0 Å². The summed E-state index contributed by atoms with van der Waals surface area (Å²) in [7, 11) is 0. The molecule has 0 bridgehead atoms. The quantitative estimate of drug-likeness (QED) is 0.416. The van der Waals surface area contributed by atoms with Crippen LogP contribution in [0.1, 0.15) is 46.5 Å². The fourth-order valence-corrected chi connectivity index (χ4v) is 0.835. The van der Waals surface area contributed by atoms with E-state index in [0.29, 0.717) is 0 Å². The first-order valence-corrected chi connectivity index (χ1v) is 5.04. The molecule has 2 nitrogen and oxygen atoms in total. The molecule has 0 heterocycles. The maximum Gasteiger partial charge on any atom is 0.154 e. The highest BCUT2D eigenvalue weighted by Crippen LogP contribution is 1.98. The van der Waals surface area contributed by atoms with Gasteiger partial charge in [0.15, 0.2) is 6.29 Å². The zero-order chi connectivity index (χ0) is 9.23. The van der Waals surface area contributed by atoms with Gasteiger partial charge in [-0.3, -0.25) is 0 Å². The highest BCUT2D eigenvalue weighted by atomic mass is 16.7. The number of rotatable bonds is 8. The minimum atomic E-state index is -0.0249. The molecule has 0 aliphatic heterocycles. The molecule has 0 fully saturated rings. The van der Waals surface area contributed by atoms with Gasteiger partial charge >= 0.3 is 0 Å². The predicted octanol–water partition coefficient (Wildman–Crippen LogP) is 2.97. The zero-order valence-electron chi connectivity index (χ0n) is 8.64. The van der Waals surface area contributed by atoms with E-state index in [2.05, 4.69) is 13.8 Å². The molecule has 0 aromatic rings. The van der Waals surface area contributed by atoms with E-state index in [1.165, 1.54) is 12.8 Å². The second kappa shape index (κ2) is 9.01. The Hall–Kier alpha value is -0.0800. The fraction of sp³-hybridized carbons (Fsp3) is 1.00. The standard InChI is InChI=1S/C10H22O2/c1-4-6-8-11-10(3)12-9-7-5-2/h10H,4-9H2,1-3H3. The van der Waals surface area contributed by atoms with Crippen LogP contribution >= 0.6 is 0 Å². The molecule has 0 atom stereocenters. The summed E-state index contributed by atoms with van der Waals surface area (Å²) >= 11 is 0. The normalized spacial score (nSPS) is 11.0. The molecule has 2 heteroatoms. The molecule has 0 saturated heterocycles. The molecule has 0 aromatic carbocycles. The molecular formula is C10H22O2. The van der Waals surface area contributed by atoms with Crippen LogP contribution in [0.3, 0.4) is 0 Å². The maximum absolute atomic E-state index is 5.41. The van der Waals surface area contributed by atoms with E-state index in [4.69, 9.17) is 9.47 Å². The average molecular weight is 174 g/mol. The number of ether oxygens (including phenoxy) is 2. The van der Waals surface area contributed by atoms with Crippen molar-refractivity contribution in [3.05, 3.63) is 0 Å². The molecule has 0 spiro atoms. The van der Waals surface area contributed by atoms with Crippen molar-refractivity contribution in [1.29, 1.82) is 0 Å². The summed E-state index contributed by atoms with van der Waals surface area (Å²) in [5.74, 6) is 0. The lowest BCUT2D eigenvalue weighted by Crippen LogP contribution is -2.14. The lowest BCUT2D eigenvalue weighted by atomic mass is 10.4. The Kier molecular flexibility index (Phi) is 8.95. The van der Waals surface area contributed by atoms with E-state index in [-0.39, 0.29) is 6.29 Å². The van der Waals surface area contributed by atoms with E-state index < -0.39 is 0 Å². The van der Waals surface area contributed by atoms with Crippen LogP contribution in [-0.4, -0.2) is 19.5 Å². The molecule has 0 aromatic heterocycles. The van der Waals surface area contributed by atoms with Gasteiger partial charge in [0.1, 0.15) is 0 Å². The van der Waals surface area contributed by atoms with Crippen LogP contribution in [0.25, 0.3) is 0 Å². The van der Waals surface area contributed by atoms with Gasteiger partial charge in [-0.25, -0.2) is 0 Å². The Morgan fingerprint density at radius 1 is 0.917 bits per heavy atom. The fourth-order valence-electron chi connectivity index (χ4n) is 0.835. The number of hydrogen-bond acceptors (Lipinski definition) is 2. The topological polar surface area (TPSA) is 18.5 Å². The number of unbranched alkanes of at least 4 members (excludes halogenated alkanes) is 2. The molecule has 0 N–H and O–H groups in total. The first kappa shape index (κ1) is 11.9. The van der Waals surface area contributed by atoms with Gasteiger partial charge in [-0.05, 0) is 19.8 Å². The van der Waals surface area contributed by atoms with Crippen LogP contribution in [0.15, 0.2) is 0 Å². The highest BCUT2D eigenvalue weighted by molar-refractivity contribution is 4.37. The molecule has 0 aliphatic rings. The van der Waals surface area contributed by atoms with Crippen molar-refractivity contribution in [3.8, 4) is 0 Å². The van der Waals surface area contributed by atoms with E-state index >= 15 is 0 Å². The van der Waals surface area contributed by atoms with E-state index in [0.717, 1.165) is 26.1 Å². The van der Waals surface area contributed by atoms with Gasteiger partial charge in [-0.15, -0.1) is 0 Å². The summed E-state index contributed by atoms with van der Waals surface area (Å²) in [6.45, 7) is 7.93. The molecule has 0 rings (SSSR count). The van der Waals surface area contributed by atoms with E-state index in [1.807, 2.05) is 6.92 Å². The molecule has 0 radical (unpaired) electrons. The Morgan fingerprint density at radius 2 is 1.33 bits per heavy atom. The minimum absolute atomic E-state index is 0.0249. The Morgan fingerprint density at radius 3 is 1.67 bits per heavy atom. The van der Waals surface area contributed by atoms with Crippen molar-refractivity contribution in [2.75, 3.05) is 13.2 Å². The van der Waals surface area contributed by atoms with Gasteiger partial charge in [-0.2, -0.15) is 0 Å². The maximum atomic E-state index is 5.41. The molecule has 0 saturated carbocycles. The van der Waals surface area contributed by atoms with Crippen LogP contribution in [0.2, 0.25) is 0 Å². The van der Waals surface area contributed by atoms with Crippen molar-refractivity contribution < 1.29 is 9.47 Å². The second-order valence-corrected chi connectivity index (χ2v) is 3.02. The molecule has 74 valence electrons. The molecule has 0 amide bonds. The largest absolute Gasteiger partial charge is 0.353 e. The second-order valence-electron chi connectivity index (χ2n) is 3.02. The molecular weight excluding hydrogens is 152 g/mol. The lowest BCUT2D eigenvalue weighted by Gasteiger charge is -2.13. The van der Waals surface area contributed by atoms with Crippen molar-refractivity contribution in [2.45, 2.75) is 52.7 Å². The Labute approximate surface area is 76.3 Å². The van der Waals surface area contributed by atoms with Crippen LogP contribution in [0.5, 0.6) is 0 Å². The van der Waals surface area contributed by atoms with Crippen molar-refractivity contribution >= 4 is 0 Å². The van der Waals surface area contributed by atoms with Crippen LogP contribution < -0.4 is 0 Å². The average Bonchev–Trinajstić information content (AvgIpc) is 2.06. The zero-order valence-corrected chi connectivity index (χ0v) is 8.64. The first-order chi connectivity index (χ1) is 5.81. The highest BCUT2D eigenvalue weighted by Gasteiger charge is 1.99. The molecule has 0 aliphatic carbocycles. The van der Waals surface area contributed by atoms with Crippen LogP contribution in [0.4, 0.5) is 0 Å². The van der Waals surface area contributed by atoms with Crippen molar-refractivity contribution in [3.63, 3.8) is 0 Å². The van der Waals surface area contributed by atoms with Gasteiger partial charge in [0, 0.05) is 13.2 Å². The summed E-state index contributed by atoms with van der Waals surface area (Å²) in [5, 5.41) is 0. The summed E-state index contributed by atoms with van der Waals surface area (Å²) in [4.78, 5) is 0. The third kappa shape index (κ3) is 8.02. The summed E-state index contributed by atoms with van der Waals surface area (Å²) in [5.41, 5.74) is 0. The van der Waals surface area contributed by atoms with Gasteiger partial charge in [-0.1, -0.05) is 26.7 Å². The summed E-state index contributed by atoms with van der Waals surface area (Å²) in [6, 6.07) is 0. The predicted molar refractivity (Wildman–Crippen MR) is 51.2 cm³/mol. The van der Waals surface area contributed by atoms with Crippen molar-refractivity contribution in [2.24, 2.45) is 0 Å².